The summed E-state index contributed by atoms with van der Waals surface area (Å²) in [5, 5.41) is 20.2. The monoisotopic (exact) mass is 412 g/mol. The van der Waals surface area contributed by atoms with Crippen molar-refractivity contribution < 1.29 is 10.2 Å². The summed E-state index contributed by atoms with van der Waals surface area (Å²) in [6, 6.07) is 0. The molecule has 0 bridgehead atoms. The van der Waals surface area contributed by atoms with Crippen LogP contribution in [0.15, 0.2) is 47.6 Å². The van der Waals surface area contributed by atoms with Crippen molar-refractivity contribution in [3.63, 3.8) is 0 Å². The fraction of sp³-hybridized carbons (Fsp3) is 0.714. The minimum atomic E-state index is -0.605. The molecule has 168 valence electrons. The predicted octanol–water partition coefficient (Wildman–Crippen LogP) is 6.61. The van der Waals surface area contributed by atoms with Crippen LogP contribution in [-0.2, 0) is 0 Å². The van der Waals surface area contributed by atoms with Crippen molar-refractivity contribution in [1.29, 1.82) is 0 Å². The quantitative estimate of drug-likeness (QED) is 0.499. The Hall–Kier alpha value is -1.12. The Bertz CT molecular complexity index is 712. The molecule has 0 saturated heterocycles. The first-order chi connectivity index (χ1) is 14.1. The van der Waals surface area contributed by atoms with Gasteiger partial charge in [0.2, 0.25) is 0 Å². The highest BCUT2D eigenvalue weighted by atomic mass is 16.3. The van der Waals surface area contributed by atoms with Crippen molar-refractivity contribution in [3.8, 4) is 0 Å². The fourth-order valence-corrected chi connectivity index (χ4v) is 6.32. The van der Waals surface area contributed by atoms with E-state index < -0.39 is 12.2 Å². The second-order valence-corrected chi connectivity index (χ2v) is 11.0. The molecular weight excluding hydrogens is 368 g/mol. The highest BCUT2D eigenvalue weighted by Crippen LogP contribution is 2.59. The number of aliphatic hydroxyl groups is 2. The molecule has 2 N–H and O–H groups in total. The van der Waals surface area contributed by atoms with Crippen molar-refractivity contribution in [2.75, 3.05) is 0 Å². The summed E-state index contributed by atoms with van der Waals surface area (Å²) >= 11 is 0. The SMILES string of the molecule is C=C1/C(=C/C=C2/CCC[C@]3(C)[C@@H]([C@H](C)/C=C/[C@H](C)C(C)C)CC[C@@H]23)C[C@@H](O)C[C@@H]1O. The number of aliphatic hydroxyl groups excluding tert-OH is 2. The van der Waals surface area contributed by atoms with Gasteiger partial charge in [0.15, 0.2) is 0 Å². The van der Waals surface area contributed by atoms with Gasteiger partial charge in [0.1, 0.15) is 0 Å². The zero-order valence-electron chi connectivity index (χ0n) is 19.9. The van der Waals surface area contributed by atoms with E-state index in [-0.39, 0.29) is 0 Å². The Kier molecular flexibility index (Phi) is 7.51. The van der Waals surface area contributed by atoms with E-state index in [0.717, 1.165) is 17.1 Å². The van der Waals surface area contributed by atoms with E-state index in [2.05, 4.69) is 65.5 Å². The van der Waals surface area contributed by atoms with Crippen LogP contribution in [0.3, 0.4) is 0 Å². The number of hydrogen-bond donors (Lipinski definition) is 2. The highest BCUT2D eigenvalue weighted by Gasteiger charge is 2.50. The highest BCUT2D eigenvalue weighted by molar-refractivity contribution is 5.38. The number of rotatable bonds is 5. The minimum Gasteiger partial charge on any atom is -0.393 e. The first kappa shape index (κ1) is 23.5. The predicted molar refractivity (Wildman–Crippen MR) is 127 cm³/mol. The molecule has 2 nitrogen and oxygen atoms in total. The Morgan fingerprint density at radius 2 is 1.80 bits per heavy atom. The second kappa shape index (κ2) is 9.57. The van der Waals surface area contributed by atoms with Gasteiger partial charge in [-0.05, 0) is 84.7 Å². The Balaban J connectivity index is 1.76. The van der Waals surface area contributed by atoms with E-state index >= 15 is 0 Å². The van der Waals surface area contributed by atoms with Crippen molar-refractivity contribution in [3.05, 3.63) is 47.6 Å². The zero-order valence-corrected chi connectivity index (χ0v) is 19.9. The first-order valence-corrected chi connectivity index (χ1v) is 12.3. The van der Waals surface area contributed by atoms with Crippen molar-refractivity contribution >= 4 is 0 Å². The maximum atomic E-state index is 10.1. The van der Waals surface area contributed by atoms with Crippen LogP contribution in [0.25, 0.3) is 0 Å². The molecule has 30 heavy (non-hydrogen) atoms. The lowest BCUT2D eigenvalue weighted by Crippen LogP contribution is -2.35. The average Bonchev–Trinajstić information content (AvgIpc) is 3.04. The van der Waals surface area contributed by atoms with Crippen LogP contribution in [0.4, 0.5) is 0 Å². The third kappa shape index (κ3) is 4.86. The molecule has 0 aliphatic heterocycles. The van der Waals surface area contributed by atoms with Crippen molar-refractivity contribution in [2.24, 2.45) is 35.0 Å². The van der Waals surface area contributed by atoms with Gasteiger partial charge < -0.3 is 10.2 Å². The van der Waals surface area contributed by atoms with E-state index in [1.165, 1.54) is 32.1 Å². The number of hydrogen-bond acceptors (Lipinski definition) is 2. The summed E-state index contributed by atoms with van der Waals surface area (Å²) in [5.41, 5.74) is 3.77. The van der Waals surface area contributed by atoms with Crippen molar-refractivity contribution in [2.45, 2.75) is 91.8 Å². The van der Waals surface area contributed by atoms with E-state index in [0.29, 0.717) is 41.9 Å². The van der Waals surface area contributed by atoms with Gasteiger partial charge >= 0.3 is 0 Å². The Labute approximate surface area is 184 Å². The normalized spacial score (nSPS) is 39.8. The molecule has 0 amide bonds. The van der Waals surface area contributed by atoms with Crippen LogP contribution in [0.5, 0.6) is 0 Å². The van der Waals surface area contributed by atoms with Crippen molar-refractivity contribution in [1.82, 2.24) is 0 Å². The van der Waals surface area contributed by atoms with Gasteiger partial charge in [-0.3, -0.25) is 0 Å². The van der Waals surface area contributed by atoms with E-state index in [1.54, 1.807) is 5.57 Å². The maximum absolute atomic E-state index is 10.1. The van der Waals surface area contributed by atoms with Crippen LogP contribution in [0.1, 0.15) is 79.6 Å². The van der Waals surface area contributed by atoms with Gasteiger partial charge in [0, 0.05) is 6.42 Å². The largest absolute Gasteiger partial charge is 0.393 e. The molecule has 0 aromatic carbocycles. The molecule has 3 rings (SSSR count). The van der Waals surface area contributed by atoms with Gasteiger partial charge in [-0.25, -0.2) is 0 Å². The van der Waals surface area contributed by atoms with E-state index in [9.17, 15) is 10.2 Å². The van der Waals surface area contributed by atoms with Crippen LogP contribution in [-0.4, -0.2) is 22.4 Å². The molecule has 2 heteroatoms. The molecule has 0 unspecified atom stereocenters. The summed E-state index contributed by atoms with van der Waals surface area (Å²) in [4.78, 5) is 0. The van der Waals surface area contributed by atoms with E-state index in [4.69, 9.17) is 0 Å². The van der Waals surface area contributed by atoms with Gasteiger partial charge in [0.05, 0.1) is 12.2 Å². The summed E-state index contributed by atoms with van der Waals surface area (Å²) in [6.07, 6.45) is 15.8. The topological polar surface area (TPSA) is 40.5 Å². The number of fused-ring (bicyclic) bond motifs is 1. The van der Waals surface area contributed by atoms with Crippen LogP contribution in [0, 0.1) is 35.0 Å². The molecule has 3 aliphatic rings. The summed E-state index contributed by atoms with van der Waals surface area (Å²) in [6.45, 7) is 16.0. The maximum Gasteiger partial charge on any atom is 0.0811 e. The van der Waals surface area contributed by atoms with Crippen LogP contribution in [0.2, 0.25) is 0 Å². The summed E-state index contributed by atoms with van der Waals surface area (Å²) in [5.74, 6) is 3.38. The first-order valence-electron chi connectivity index (χ1n) is 12.3. The van der Waals surface area contributed by atoms with Gasteiger partial charge in [-0.1, -0.05) is 71.1 Å². The zero-order chi connectivity index (χ0) is 22.1. The lowest BCUT2D eigenvalue weighted by Gasteiger charge is -2.44. The molecule has 3 saturated carbocycles. The second-order valence-electron chi connectivity index (χ2n) is 11.0. The molecule has 3 aliphatic carbocycles. The lowest BCUT2D eigenvalue weighted by molar-refractivity contribution is 0.0862. The van der Waals surface area contributed by atoms with Crippen LogP contribution >= 0.6 is 0 Å². The molecule has 7 atom stereocenters. The third-order valence-electron chi connectivity index (χ3n) is 8.71. The van der Waals surface area contributed by atoms with Crippen LogP contribution < -0.4 is 0 Å². The molecule has 0 aromatic rings. The molecule has 3 fully saturated rings. The smallest absolute Gasteiger partial charge is 0.0811 e. The van der Waals surface area contributed by atoms with Gasteiger partial charge in [0.25, 0.3) is 0 Å². The van der Waals surface area contributed by atoms with Gasteiger partial charge in [-0.15, -0.1) is 0 Å². The van der Waals surface area contributed by atoms with E-state index in [1.807, 2.05) is 0 Å². The summed E-state index contributed by atoms with van der Waals surface area (Å²) < 4.78 is 0. The third-order valence-corrected chi connectivity index (χ3v) is 8.71. The molecule has 0 heterocycles. The molecular formula is C28H44O2. The minimum absolute atomic E-state index is 0.385. The Morgan fingerprint density at radius 3 is 2.50 bits per heavy atom. The standard InChI is InChI=1S/C28H44O2/c1-18(2)19(3)9-10-20(4)25-13-14-26-22(8-7-15-28(25,26)6)11-12-23-16-24(29)17-27(30)21(23)5/h9-12,18-20,24-27,29-30H,5,7-8,13-17H2,1-4,6H3/b10-9+,22-11-,23-12+/t19-,20+,24+,25+,26-,27-,28+/m0/s1. The summed E-state index contributed by atoms with van der Waals surface area (Å²) in [7, 11) is 0. The number of allylic oxidation sites excluding steroid dienone is 5. The Morgan fingerprint density at radius 1 is 1.07 bits per heavy atom. The lowest BCUT2D eigenvalue weighted by atomic mass is 9.61. The molecule has 0 spiro atoms. The molecule has 0 radical (unpaired) electrons. The molecule has 0 aromatic heterocycles. The average molecular weight is 413 g/mol. The fourth-order valence-electron chi connectivity index (χ4n) is 6.32. The van der Waals surface area contributed by atoms with Gasteiger partial charge in [-0.2, -0.15) is 0 Å².